The highest BCUT2D eigenvalue weighted by Gasteiger charge is 2.42. The van der Waals surface area contributed by atoms with E-state index in [-0.39, 0.29) is 11.5 Å². The molecule has 4 rings (SSSR count). The fraction of sp³-hybridized carbons (Fsp3) is 0.412. The monoisotopic (exact) mass is 314 g/mol. The number of aryl methyl sites for hydroxylation is 1. The maximum absolute atomic E-state index is 10.1. The van der Waals surface area contributed by atoms with Gasteiger partial charge in [-0.15, -0.1) is 0 Å². The summed E-state index contributed by atoms with van der Waals surface area (Å²) in [4.78, 5) is 8.59. The van der Waals surface area contributed by atoms with Gasteiger partial charge in [0.05, 0.1) is 5.56 Å². The molecule has 22 heavy (non-hydrogen) atoms. The molecule has 1 aliphatic heterocycles. The number of hydrogen-bond donors (Lipinski definition) is 1. The first-order chi connectivity index (χ1) is 10.7. The zero-order valence-corrected chi connectivity index (χ0v) is 13.3. The molecule has 0 bridgehead atoms. The molecule has 0 fully saturated rings. The molecule has 1 N–H and O–H groups in total. The highest BCUT2D eigenvalue weighted by Crippen LogP contribution is 2.47. The molecule has 1 aromatic carbocycles. The van der Waals surface area contributed by atoms with Crippen LogP contribution in [0.4, 0.5) is 0 Å². The molecule has 1 spiro atoms. The third kappa shape index (κ3) is 2.07. The van der Waals surface area contributed by atoms with Crippen LogP contribution in [0.5, 0.6) is 11.8 Å². The van der Waals surface area contributed by atoms with Crippen molar-refractivity contribution in [2.45, 2.75) is 42.9 Å². The molecule has 0 amide bonds. The van der Waals surface area contributed by atoms with E-state index in [1.54, 1.807) is 0 Å². The first-order valence-electron chi connectivity index (χ1n) is 7.63. The molecular weight excluding hydrogens is 296 g/mol. The second-order valence-corrected chi connectivity index (χ2v) is 6.70. The fourth-order valence-corrected chi connectivity index (χ4v) is 3.99. The topological polar surface area (TPSA) is 55.2 Å². The van der Waals surface area contributed by atoms with Crippen LogP contribution >= 0.6 is 11.8 Å². The Labute approximate surface area is 134 Å². The van der Waals surface area contributed by atoms with Crippen LogP contribution < -0.4 is 4.74 Å². The summed E-state index contributed by atoms with van der Waals surface area (Å²) in [5.74, 6) is 0.619. The van der Waals surface area contributed by atoms with Crippen molar-refractivity contribution in [1.29, 1.82) is 0 Å². The van der Waals surface area contributed by atoms with E-state index in [0.29, 0.717) is 11.0 Å². The van der Waals surface area contributed by atoms with Crippen LogP contribution in [0.25, 0.3) is 0 Å². The van der Waals surface area contributed by atoms with E-state index in [2.05, 4.69) is 34.2 Å². The van der Waals surface area contributed by atoms with Gasteiger partial charge in [-0.2, -0.15) is 9.97 Å². The van der Waals surface area contributed by atoms with Crippen molar-refractivity contribution in [3.8, 4) is 11.8 Å². The Morgan fingerprint density at radius 2 is 2.05 bits per heavy atom. The summed E-state index contributed by atoms with van der Waals surface area (Å²) in [5.41, 5.74) is 3.11. The second kappa shape index (κ2) is 5.16. The maximum Gasteiger partial charge on any atom is 0.225 e. The summed E-state index contributed by atoms with van der Waals surface area (Å²) >= 11 is 1.41. The lowest BCUT2D eigenvalue weighted by atomic mass is 9.75. The average molecular weight is 314 g/mol. The van der Waals surface area contributed by atoms with Gasteiger partial charge in [0.25, 0.3) is 0 Å². The molecule has 2 heterocycles. The maximum atomic E-state index is 10.1. The number of nitrogens with zero attached hydrogens (tertiary/aromatic N) is 2. The van der Waals surface area contributed by atoms with Gasteiger partial charge in [-0.25, -0.2) is 0 Å². The highest BCUT2D eigenvalue weighted by molar-refractivity contribution is 7.98. The molecule has 1 aromatic heterocycles. The Kier molecular flexibility index (Phi) is 3.26. The van der Waals surface area contributed by atoms with Crippen molar-refractivity contribution >= 4 is 11.8 Å². The normalized spacial score (nSPS) is 22.8. The molecular formula is C17H18N2O2S. The molecule has 114 valence electrons. The zero-order valence-electron chi connectivity index (χ0n) is 12.5. The first-order valence-corrected chi connectivity index (χ1v) is 8.85. The molecule has 2 aromatic rings. The Hall–Kier alpha value is -1.75. The predicted molar refractivity (Wildman–Crippen MR) is 85.5 cm³/mol. The molecule has 1 atom stereocenters. The van der Waals surface area contributed by atoms with Crippen LogP contribution in [0.15, 0.2) is 29.4 Å². The Bertz CT molecular complexity index is 735. The van der Waals surface area contributed by atoms with Crippen molar-refractivity contribution in [3.05, 3.63) is 41.0 Å². The molecule has 0 saturated carbocycles. The van der Waals surface area contributed by atoms with E-state index < -0.39 is 0 Å². The fourth-order valence-electron chi connectivity index (χ4n) is 3.64. The number of hydrogen-bond acceptors (Lipinski definition) is 5. The van der Waals surface area contributed by atoms with Crippen LogP contribution in [-0.4, -0.2) is 21.3 Å². The third-order valence-corrected chi connectivity index (χ3v) is 5.26. The third-order valence-electron chi connectivity index (χ3n) is 4.72. The number of aromatic nitrogens is 2. The van der Waals surface area contributed by atoms with Gasteiger partial charge in [0.1, 0.15) is 5.60 Å². The van der Waals surface area contributed by atoms with Gasteiger partial charge in [0.15, 0.2) is 5.16 Å². The standard InChI is InChI=1S/C17H18N2O2S/c1-22-16-18-14(20)12-8-10-17(21-15(12)19-16)9-4-6-11-5-2-3-7-13(11)17/h2-3,5,7H,4,6,8-10H2,1H3,(H,18,19,20). The lowest BCUT2D eigenvalue weighted by Crippen LogP contribution is -2.40. The van der Waals surface area contributed by atoms with Gasteiger partial charge >= 0.3 is 0 Å². The molecule has 4 nitrogen and oxygen atoms in total. The minimum absolute atomic E-state index is 0.0632. The summed E-state index contributed by atoms with van der Waals surface area (Å²) in [5, 5.41) is 10.7. The molecule has 1 aliphatic carbocycles. The van der Waals surface area contributed by atoms with Crippen LogP contribution in [0.2, 0.25) is 0 Å². The summed E-state index contributed by atoms with van der Waals surface area (Å²) in [6, 6.07) is 8.54. The van der Waals surface area contributed by atoms with Gasteiger partial charge < -0.3 is 9.84 Å². The first kappa shape index (κ1) is 13.9. The second-order valence-electron chi connectivity index (χ2n) is 5.92. The van der Waals surface area contributed by atoms with E-state index in [1.807, 2.05) is 6.26 Å². The Morgan fingerprint density at radius 1 is 1.18 bits per heavy atom. The van der Waals surface area contributed by atoms with E-state index in [9.17, 15) is 5.11 Å². The van der Waals surface area contributed by atoms with Gasteiger partial charge in [0.2, 0.25) is 11.8 Å². The van der Waals surface area contributed by atoms with Crippen molar-refractivity contribution < 1.29 is 9.84 Å². The molecule has 1 unspecified atom stereocenters. The van der Waals surface area contributed by atoms with Crippen molar-refractivity contribution in [2.24, 2.45) is 0 Å². The smallest absolute Gasteiger partial charge is 0.225 e. The number of aromatic hydroxyl groups is 1. The van der Waals surface area contributed by atoms with Gasteiger partial charge in [-0.1, -0.05) is 36.0 Å². The van der Waals surface area contributed by atoms with Gasteiger partial charge in [0, 0.05) is 0 Å². The average Bonchev–Trinajstić information content (AvgIpc) is 2.55. The minimum Gasteiger partial charge on any atom is -0.493 e. The lowest BCUT2D eigenvalue weighted by molar-refractivity contribution is 0.0182. The number of thioether (sulfide) groups is 1. The number of ether oxygens (including phenoxy) is 1. The zero-order chi connectivity index (χ0) is 15.2. The van der Waals surface area contributed by atoms with Crippen molar-refractivity contribution in [1.82, 2.24) is 9.97 Å². The molecule has 0 radical (unpaired) electrons. The molecule has 0 saturated heterocycles. The van der Waals surface area contributed by atoms with Crippen molar-refractivity contribution in [3.63, 3.8) is 0 Å². The van der Waals surface area contributed by atoms with E-state index >= 15 is 0 Å². The largest absolute Gasteiger partial charge is 0.493 e. The molecule has 5 heteroatoms. The quantitative estimate of drug-likeness (QED) is 0.645. The van der Waals surface area contributed by atoms with Crippen LogP contribution in [-0.2, 0) is 18.4 Å². The number of benzene rings is 1. The van der Waals surface area contributed by atoms with E-state index in [0.717, 1.165) is 37.7 Å². The number of rotatable bonds is 1. The van der Waals surface area contributed by atoms with Crippen LogP contribution in [0.1, 0.15) is 36.0 Å². The predicted octanol–water partition coefficient (Wildman–Crippen LogP) is 3.46. The Morgan fingerprint density at radius 3 is 2.91 bits per heavy atom. The number of fused-ring (bicyclic) bond motifs is 3. The van der Waals surface area contributed by atoms with E-state index in [1.165, 1.54) is 22.9 Å². The molecule has 2 aliphatic rings. The van der Waals surface area contributed by atoms with Crippen LogP contribution in [0, 0.1) is 0 Å². The summed E-state index contributed by atoms with van der Waals surface area (Å²) in [7, 11) is 0. The minimum atomic E-state index is -0.293. The lowest BCUT2D eigenvalue weighted by Gasteiger charge is -2.42. The summed E-state index contributed by atoms with van der Waals surface area (Å²) in [6.07, 6.45) is 6.76. The summed E-state index contributed by atoms with van der Waals surface area (Å²) in [6.45, 7) is 0. The van der Waals surface area contributed by atoms with Gasteiger partial charge in [-0.05, 0) is 49.5 Å². The highest BCUT2D eigenvalue weighted by atomic mass is 32.2. The van der Waals surface area contributed by atoms with Crippen molar-refractivity contribution in [2.75, 3.05) is 6.26 Å². The summed E-state index contributed by atoms with van der Waals surface area (Å²) < 4.78 is 6.39. The SMILES string of the molecule is CSc1nc(O)c2c(n1)OC1(CCCc3ccccc31)CC2. The van der Waals surface area contributed by atoms with E-state index in [4.69, 9.17) is 4.74 Å². The van der Waals surface area contributed by atoms with Crippen LogP contribution in [0.3, 0.4) is 0 Å². The van der Waals surface area contributed by atoms with Gasteiger partial charge in [-0.3, -0.25) is 0 Å². The Balaban J connectivity index is 1.80.